The second kappa shape index (κ2) is 15.4. The Labute approximate surface area is 355 Å². The summed E-state index contributed by atoms with van der Waals surface area (Å²) in [6, 6.07) is 33.3. The monoisotopic (exact) mass is 937 g/mol. The van der Waals surface area contributed by atoms with Crippen LogP contribution in [0.25, 0.3) is 44.4 Å². The molecule has 0 spiro atoms. The minimum absolute atomic E-state index is 0. The van der Waals surface area contributed by atoms with E-state index in [2.05, 4.69) is 185 Å². The average Bonchev–Trinajstić information content (AvgIpc) is 3.59. The van der Waals surface area contributed by atoms with Crippen molar-refractivity contribution in [3.8, 4) is 34.1 Å². The van der Waals surface area contributed by atoms with Gasteiger partial charge < -0.3 is 9.30 Å². The Morgan fingerprint density at radius 3 is 2.00 bits per heavy atom. The molecule has 0 aliphatic rings. The van der Waals surface area contributed by atoms with Gasteiger partial charge in [-0.05, 0) is 101 Å². The summed E-state index contributed by atoms with van der Waals surface area (Å²) in [6.45, 7) is 31.6. The number of nitrogens with zero attached hydrogens (tertiary/aromatic N) is 4. The van der Waals surface area contributed by atoms with E-state index in [1.165, 1.54) is 33.4 Å². The molecule has 57 heavy (non-hydrogen) atoms. The first-order chi connectivity index (χ1) is 26.2. The number of pyridine rings is 1. The van der Waals surface area contributed by atoms with E-state index in [-0.39, 0.29) is 37.3 Å². The van der Waals surface area contributed by atoms with E-state index >= 15 is 0 Å². The molecule has 4 aromatic carbocycles. The van der Waals surface area contributed by atoms with E-state index in [4.69, 9.17) is 14.8 Å². The van der Waals surface area contributed by atoms with E-state index in [0.29, 0.717) is 17.4 Å². The SMILES string of the molecule is Cc1cc(C(C)(C)C)c(-c2c(C)nn(-c3[c-]c(Oc4[c-]c5c(cc4)c4ccccc4n5-c4cc(CC(C)C)ccn4)cc(C(C)(C)C)c3)c2C)c(C(C)(C)C)c1.[Pt+2]. The normalized spacial score (nSPS) is 12.5. The third-order valence-electron chi connectivity index (χ3n) is 10.8. The first-order valence-corrected chi connectivity index (χ1v) is 20.1. The van der Waals surface area contributed by atoms with Crippen molar-refractivity contribution in [1.29, 1.82) is 0 Å². The van der Waals surface area contributed by atoms with Gasteiger partial charge in [-0.1, -0.05) is 118 Å². The Morgan fingerprint density at radius 1 is 0.702 bits per heavy atom. The number of benzene rings is 4. The predicted octanol–water partition coefficient (Wildman–Crippen LogP) is 13.4. The van der Waals surface area contributed by atoms with Gasteiger partial charge in [-0.3, -0.25) is 4.68 Å². The molecule has 3 aromatic heterocycles. The van der Waals surface area contributed by atoms with Crippen molar-refractivity contribution in [2.24, 2.45) is 5.92 Å². The van der Waals surface area contributed by atoms with E-state index < -0.39 is 0 Å². The largest absolute Gasteiger partial charge is 2.00 e. The molecule has 0 amide bonds. The second-order valence-electron chi connectivity index (χ2n) is 19.2. The summed E-state index contributed by atoms with van der Waals surface area (Å²) < 4.78 is 11.0. The van der Waals surface area contributed by atoms with Gasteiger partial charge in [0, 0.05) is 34.5 Å². The van der Waals surface area contributed by atoms with Crippen LogP contribution in [0.2, 0.25) is 0 Å². The molecule has 0 N–H and O–H groups in total. The number of aryl methyl sites for hydroxylation is 2. The molecular weight excluding hydrogens is 880 g/mol. The molecule has 3 heterocycles. The third-order valence-corrected chi connectivity index (χ3v) is 10.8. The molecule has 7 rings (SSSR count). The van der Waals surface area contributed by atoms with E-state index in [0.717, 1.165) is 56.7 Å². The fourth-order valence-electron chi connectivity index (χ4n) is 8.08. The zero-order chi connectivity index (χ0) is 40.5. The Morgan fingerprint density at radius 2 is 1.37 bits per heavy atom. The summed E-state index contributed by atoms with van der Waals surface area (Å²) in [4.78, 5) is 4.85. The van der Waals surface area contributed by atoms with E-state index in [1.54, 1.807) is 0 Å². The van der Waals surface area contributed by atoms with Gasteiger partial charge in [0.25, 0.3) is 0 Å². The van der Waals surface area contributed by atoms with Crippen molar-refractivity contribution in [2.75, 3.05) is 0 Å². The van der Waals surface area contributed by atoms with Crippen molar-refractivity contribution < 1.29 is 25.8 Å². The van der Waals surface area contributed by atoms with Crippen LogP contribution in [0.5, 0.6) is 11.5 Å². The zero-order valence-electron chi connectivity index (χ0n) is 36.3. The quantitative estimate of drug-likeness (QED) is 0.150. The van der Waals surface area contributed by atoms with Gasteiger partial charge in [0.15, 0.2) is 0 Å². The molecule has 7 aromatic rings. The van der Waals surface area contributed by atoms with Crippen LogP contribution in [0.3, 0.4) is 0 Å². The van der Waals surface area contributed by atoms with Gasteiger partial charge in [-0.2, -0.15) is 11.2 Å². The average molecular weight is 938 g/mol. The van der Waals surface area contributed by atoms with Crippen molar-refractivity contribution in [2.45, 2.75) is 120 Å². The molecule has 298 valence electrons. The zero-order valence-corrected chi connectivity index (χ0v) is 38.6. The minimum Gasteiger partial charge on any atom is -0.509 e. The maximum Gasteiger partial charge on any atom is 2.00 e. The molecular formula is C51H58N4OPt. The number of para-hydroxylation sites is 1. The van der Waals surface area contributed by atoms with Crippen molar-refractivity contribution >= 4 is 21.8 Å². The molecule has 0 saturated heterocycles. The van der Waals surface area contributed by atoms with Gasteiger partial charge in [-0.15, -0.1) is 41.3 Å². The summed E-state index contributed by atoms with van der Waals surface area (Å²) in [5, 5.41) is 7.50. The van der Waals surface area contributed by atoms with E-state index in [9.17, 15) is 0 Å². The smallest absolute Gasteiger partial charge is 0.509 e. The third kappa shape index (κ3) is 8.28. The molecule has 6 heteroatoms. The number of ether oxygens (including phenoxy) is 1. The Bertz CT molecular complexity index is 2570. The van der Waals surface area contributed by atoms with Crippen molar-refractivity contribution in [3.63, 3.8) is 0 Å². The van der Waals surface area contributed by atoms with Gasteiger partial charge in [0.2, 0.25) is 0 Å². The van der Waals surface area contributed by atoms with Crippen LogP contribution in [0.1, 0.15) is 115 Å². The second-order valence-corrected chi connectivity index (χ2v) is 19.2. The van der Waals surface area contributed by atoms with Crippen LogP contribution in [0.15, 0.2) is 79.0 Å². The molecule has 0 saturated carbocycles. The predicted molar refractivity (Wildman–Crippen MR) is 234 cm³/mol. The summed E-state index contributed by atoms with van der Waals surface area (Å²) >= 11 is 0. The van der Waals surface area contributed by atoms with Crippen LogP contribution in [-0.2, 0) is 43.7 Å². The number of aromatic nitrogens is 4. The first kappa shape index (κ1) is 42.1. The molecule has 0 aliphatic heterocycles. The Kier molecular flexibility index (Phi) is 11.4. The molecule has 0 aliphatic carbocycles. The topological polar surface area (TPSA) is 44.9 Å². The van der Waals surface area contributed by atoms with Crippen LogP contribution < -0.4 is 4.74 Å². The van der Waals surface area contributed by atoms with Gasteiger partial charge >= 0.3 is 21.1 Å². The van der Waals surface area contributed by atoms with E-state index in [1.807, 2.05) is 12.3 Å². The van der Waals surface area contributed by atoms with Crippen LogP contribution >= 0.6 is 0 Å². The maximum absolute atomic E-state index is 6.76. The summed E-state index contributed by atoms with van der Waals surface area (Å²) in [5.41, 5.74) is 13.5. The van der Waals surface area contributed by atoms with Gasteiger partial charge in [-0.25, -0.2) is 4.98 Å². The number of fused-ring (bicyclic) bond motifs is 3. The number of rotatable bonds is 7. The van der Waals surface area contributed by atoms with Gasteiger partial charge in [0.1, 0.15) is 5.82 Å². The van der Waals surface area contributed by atoms with Crippen molar-refractivity contribution in [1.82, 2.24) is 19.3 Å². The molecule has 0 bridgehead atoms. The van der Waals surface area contributed by atoms with Crippen molar-refractivity contribution in [3.05, 3.63) is 130 Å². The molecule has 0 atom stereocenters. The van der Waals surface area contributed by atoms with Crippen LogP contribution in [-0.4, -0.2) is 19.3 Å². The molecule has 0 fully saturated rings. The van der Waals surface area contributed by atoms with Crippen LogP contribution in [0, 0.1) is 38.8 Å². The first-order valence-electron chi connectivity index (χ1n) is 20.1. The maximum atomic E-state index is 6.76. The van der Waals surface area contributed by atoms with Crippen LogP contribution in [0.4, 0.5) is 0 Å². The summed E-state index contributed by atoms with van der Waals surface area (Å²) in [5.74, 6) is 2.67. The fraction of sp³-hybridized carbons (Fsp3) is 0.373. The molecule has 0 unspecified atom stereocenters. The Balaban J connectivity index is 0.00000549. The fourth-order valence-corrected chi connectivity index (χ4v) is 8.08. The summed E-state index contributed by atoms with van der Waals surface area (Å²) in [7, 11) is 0. The summed E-state index contributed by atoms with van der Waals surface area (Å²) in [6.07, 6.45) is 2.91. The molecule has 5 nitrogen and oxygen atoms in total. The molecule has 0 radical (unpaired) electrons. The Hall–Kier alpha value is -4.47. The number of hydrogen-bond acceptors (Lipinski definition) is 3. The number of hydrogen-bond donors (Lipinski definition) is 0. The standard InChI is InChI=1S/C51H58N4O.Pt/c1-31(2)23-35-21-22-52-46(26-35)54-44-18-16-15-17-40(44)41-20-19-38(30-45(41)54)56-39-28-36(49(6,7)8)27-37(29-39)55-34(5)47(33(4)53-55)48-42(50(9,10)11)24-32(3)25-43(48)51(12,13)14;/h15-22,24-28,31H,23H2,1-14H3;/q-2;+2. The minimum atomic E-state index is -0.149. The van der Waals surface area contributed by atoms with Gasteiger partial charge in [0.05, 0.1) is 5.69 Å².